The maximum atomic E-state index is 11.5. The summed E-state index contributed by atoms with van der Waals surface area (Å²) in [7, 11) is 0. The van der Waals surface area contributed by atoms with Crippen LogP contribution in [0.3, 0.4) is 0 Å². The van der Waals surface area contributed by atoms with Gasteiger partial charge in [0.25, 0.3) is 0 Å². The largest absolute Gasteiger partial charge is 0.303 e. The molecule has 4 rings (SSSR count). The van der Waals surface area contributed by atoms with E-state index in [1.54, 1.807) is 5.57 Å². The van der Waals surface area contributed by atoms with Gasteiger partial charge in [-0.2, -0.15) is 0 Å². The summed E-state index contributed by atoms with van der Waals surface area (Å²) >= 11 is 0. The maximum absolute atomic E-state index is 11.5. The van der Waals surface area contributed by atoms with E-state index in [0.717, 1.165) is 24.2 Å². The molecule has 6 atom stereocenters. The van der Waals surface area contributed by atoms with Gasteiger partial charge in [0.15, 0.2) is 0 Å². The SMILES string of the molecule is C[C@]12CCCC=C1CC[C@@H]1[C@@H]2CC[C@]2(C)C(C=O)CC[C@@H]12. The lowest BCUT2D eigenvalue weighted by Gasteiger charge is -2.58. The van der Waals surface area contributed by atoms with Gasteiger partial charge in [-0.15, -0.1) is 0 Å². The Labute approximate surface area is 129 Å². The molecule has 1 heteroatoms. The van der Waals surface area contributed by atoms with Gasteiger partial charge in [0, 0.05) is 5.92 Å². The molecule has 0 aliphatic heterocycles. The summed E-state index contributed by atoms with van der Waals surface area (Å²) in [6.45, 7) is 5.01. The molecule has 0 spiro atoms. The van der Waals surface area contributed by atoms with E-state index in [1.807, 2.05) is 0 Å². The lowest BCUT2D eigenvalue weighted by molar-refractivity contribution is -0.117. The van der Waals surface area contributed by atoms with Crippen molar-refractivity contribution in [2.24, 2.45) is 34.5 Å². The number of hydrogen-bond donors (Lipinski definition) is 0. The first kappa shape index (κ1) is 14.0. The van der Waals surface area contributed by atoms with E-state index in [-0.39, 0.29) is 0 Å². The minimum Gasteiger partial charge on any atom is -0.303 e. The number of aldehydes is 1. The molecule has 4 aliphatic rings. The predicted molar refractivity (Wildman–Crippen MR) is 85.9 cm³/mol. The Bertz CT molecular complexity index is 478. The second kappa shape index (κ2) is 4.70. The summed E-state index contributed by atoms with van der Waals surface area (Å²) < 4.78 is 0. The Kier molecular flexibility index (Phi) is 3.14. The minimum atomic E-state index is 0.329. The van der Waals surface area contributed by atoms with Crippen LogP contribution in [0.15, 0.2) is 11.6 Å². The monoisotopic (exact) mass is 286 g/mol. The van der Waals surface area contributed by atoms with Crippen molar-refractivity contribution in [1.82, 2.24) is 0 Å². The molecule has 0 amide bonds. The quantitative estimate of drug-likeness (QED) is 0.481. The fourth-order valence-electron chi connectivity index (χ4n) is 7.02. The van der Waals surface area contributed by atoms with E-state index >= 15 is 0 Å². The van der Waals surface area contributed by atoms with Crippen LogP contribution in [0.1, 0.15) is 71.6 Å². The van der Waals surface area contributed by atoms with Crippen molar-refractivity contribution >= 4 is 6.29 Å². The summed E-state index contributed by atoms with van der Waals surface area (Å²) in [5.74, 6) is 2.97. The molecular weight excluding hydrogens is 256 g/mol. The number of fused-ring (bicyclic) bond motifs is 5. The highest BCUT2D eigenvalue weighted by atomic mass is 16.1. The van der Waals surface area contributed by atoms with Crippen LogP contribution >= 0.6 is 0 Å². The summed E-state index contributed by atoms with van der Waals surface area (Å²) in [5.41, 5.74) is 2.63. The summed E-state index contributed by atoms with van der Waals surface area (Å²) in [5, 5.41) is 0. The second-order valence-corrected chi connectivity index (χ2v) is 8.82. The van der Waals surface area contributed by atoms with Gasteiger partial charge in [0.1, 0.15) is 6.29 Å². The molecule has 0 N–H and O–H groups in total. The summed E-state index contributed by atoms with van der Waals surface area (Å²) in [6, 6.07) is 0. The van der Waals surface area contributed by atoms with Gasteiger partial charge in [-0.1, -0.05) is 25.5 Å². The molecule has 116 valence electrons. The first-order valence-electron chi connectivity index (χ1n) is 9.24. The molecule has 0 aromatic carbocycles. The normalized spacial score (nSPS) is 52.4. The molecule has 0 saturated heterocycles. The van der Waals surface area contributed by atoms with Crippen LogP contribution in [-0.4, -0.2) is 6.29 Å². The van der Waals surface area contributed by atoms with Crippen LogP contribution < -0.4 is 0 Å². The molecule has 0 radical (unpaired) electrons. The highest BCUT2D eigenvalue weighted by molar-refractivity contribution is 5.56. The van der Waals surface area contributed by atoms with Crippen LogP contribution in [0.2, 0.25) is 0 Å². The Morgan fingerprint density at radius 3 is 2.76 bits per heavy atom. The van der Waals surface area contributed by atoms with Crippen LogP contribution in [-0.2, 0) is 4.79 Å². The van der Waals surface area contributed by atoms with Gasteiger partial charge in [-0.3, -0.25) is 0 Å². The molecule has 4 aliphatic carbocycles. The van der Waals surface area contributed by atoms with E-state index < -0.39 is 0 Å². The zero-order valence-corrected chi connectivity index (χ0v) is 13.7. The average Bonchev–Trinajstić information content (AvgIpc) is 2.83. The number of hydrogen-bond acceptors (Lipinski definition) is 1. The standard InChI is InChI=1S/C20H30O/c1-19-11-4-3-5-14(19)6-8-16-17-9-7-15(13-21)20(17,2)12-10-18(16)19/h5,13,15-18H,3-4,6-12H2,1-2H3/t15?,16-,17-,18-,19-,20+/m0/s1. The van der Waals surface area contributed by atoms with Crippen LogP contribution in [0.5, 0.6) is 0 Å². The lowest BCUT2D eigenvalue weighted by Crippen LogP contribution is -2.50. The molecule has 1 unspecified atom stereocenters. The number of rotatable bonds is 1. The van der Waals surface area contributed by atoms with Gasteiger partial charge in [0.2, 0.25) is 0 Å². The van der Waals surface area contributed by atoms with Crippen LogP contribution in [0, 0.1) is 34.5 Å². The van der Waals surface area contributed by atoms with Crippen molar-refractivity contribution in [2.45, 2.75) is 71.6 Å². The first-order valence-corrected chi connectivity index (χ1v) is 9.24. The Hall–Kier alpha value is -0.590. The smallest absolute Gasteiger partial charge is 0.123 e. The maximum Gasteiger partial charge on any atom is 0.123 e. The molecule has 0 bridgehead atoms. The van der Waals surface area contributed by atoms with E-state index in [4.69, 9.17) is 0 Å². The van der Waals surface area contributed by atoms with Gasteiger partial charge in [0.05, 0.1) is 0 Å². The third kappa shape index (κ3) is 1.79. The third-order valence-corrected chi connectivity index (χ3v) is 8.26. The predicted octanol–water partition coefficient (Wildman–Crippen LogP) is 5.15. The Morgan fingerprint density at radius 2 is 1.95 bits per heavy atom. The Balaban J connectivity index is 1.67. The molecule has 1 nitrogen and oxygen atoms in total. The van der Waals surface area contributed by atoms with E-state index in [2.05, 4.69) is 19.9 Å². The molecule has 3 fully saturated rings. The third-order valence-electron chi connectivity index (χ3n) is 8.26. The summed E-state index contributed by atoms with van der Waals surface area (Å²) in [4.78, 5) is 11.5. The zero-order chi connectivity index (χ0) is 14.7. The van der Waals surface area contributed by atoms with E-state index in [0.29, 0.717) is 16.7 Å². The Morgan fingerprint density at radius 1 is 1.10 bits per heavy atom. The highest BCUT2D eigenvalue weighted by Gasteiger charge is 2.58. The topological polar surface area (TPSA) is 17.1 Å². The highest BCUT2D eigenvalue weighted by Crippen LogP contribution is 2.66. The lowest BCUT2D eigenvalue weighted by atomic mass is 9.47. The van der Waals surface area contributed by atoms with Crippen molar-refractivity contribution in [3.05, 3.63) is 11.6 Å². The van der Waals surface area contributed by atoms with Crippen molar-refractivity contribution in [2.75, 3.05) is 0 Å². The molecule has 3 saturated carbocycles. The zero-order valence-electron chi connectivity index (χ0n) is 13.7. The molecule has 21 heavy (non-hydrogen) atoms. The molecule has 0 aromatic rings. The summed E-state index contributed by atoms with van der Waals surface area (Å²) in [6.07, 6.45) is 15.9. The van der Waals surface area contributed by atoms with Crippen molar-refractivity contribution < 1.29 is 4.79 Å². The van der Waals surface area contributed by atoms with Gasteiger partial charge < -0.3 is 4.79 Å². The fraction of sp³-hybridized carbons (Fsp3) is 0.850. The average molecular weight is 286 g/mol. The molecule has 0 aromatic heterocycles. The number of carbonyl (C=O) groups excluding carboxylic acids is 1. The molecule has 0 heterocycles. The second-order valence-electron chi connectivity index (χ2n) is 8.82. The first-order chi connectivity index (χ1) is 10.1. The van der Waals surface area contributed by atoms with E-state index in [9.17, 15) is 4.79 Å². The van der Waals surface area contributed by atoms with Crippen LogP contribution in [0.4, 0.5) is 0 Å². The fourth-order valence-corrected chi connectivity index (χ4v) is 7.02. The van der Waals surface area contributed by atoms with E-state index in [1.165, 1.54) is 57.7 Å². The van der Waals surface area contributed by atoms with Crippen molar-refractivity contribution in [3.63, 3.8) is 0 Å². The van der Waals surface area contributed by atoms with Gasteiger partial charge in [-0.25, -0.2) is 0 Å². The number of carbonyl (C=O) groups is 1. The van der Waals surface area contributed by atoms with Gasteiger partial charge >= 0.3 is 0 Å². The minimum absolute atomic E-state index is 0.329. The van der Waals surface area contributed by atoms with Crippen molar-refractivity contribution in [3.8, 4) is 0 Å². The molecular formula is C20H30O. The van der Waals surface area contributed by atoms with Crippen LogP contribution in [0.25, 0.3) is 0 Å². The number of allylic oxidation sites excluding steroid dienone is 2. The van der Waals surface area contributed by atoms with Gasteiger partial charge in [-0.05, 0) is 86.4 Å². The van der Waals surface area contributed by atoms with Crippen molar-refractivity contribution in [1.29, 1.82) is 0 Å².